The lowest BCUT2D eigenvalue weighted by Gasteiger charge is -2.43. The van der Waals surface area contributed by atoms with Crippen LogP contribution >= 0.6 is 0 Å². The summed E-state index contributed by atoms with van der Waals surface area (Å²) in [5.74, 6) is 0.185. The Hall–Kier alpha value is -1.35. The normalized spacial score (nSPS) is 28.6. The highest BCUT2D eigenvalue weighted by atomic mass is 16.3. The number of rotatable bonds is 0. The molecular formula is C13H15NO2. The summed E-state index contributed by atoms with van der Waals surface area (Å²) in [6, 6.07) is 7.87. The average molecular weight is 217 g/mol. The Labute approximate surface area is 94.7 Å². The standard InChI is InChI=1S/C13H15NO2/c15-12-7-3-6-11-13(16)10-5-2-1-4-9(10)8-14(11)12/h1-2,4-5,11,13,16H,3,6-8H2/t11-,13-/m0/s1. The molecule has 3 nitrogen and oxygen atoms in total. The largest absolute Gasteiger partial charge is 0.386 e. The highest BCUT2D eigenvalue weighted by Gasteiger charge is 2.38. The molecule has 3 rings (SSSR count). The number of benzene rings is 1. The van der Waals surface area contributed by atoms with Crippen LogP contribution in [-0.4, -0.2) is 22.0 Å². The van der Waals surface area contributed by atoms with E-state index < -0.39 is 6.10 Å². The van der Waals surface area contributed by atoms with Crippen molar-refractivity contribution in [2.24, 2.45) is 0 Å². The van der Waals surface area contributed by atoms with Crippen LogP contribution in [0.4, 0.5) is 0 Å². The van der Waals surface area contributed by atoms with Gasteiger partial charge in [0.05, 0.1) is 12.1 Å². The second-order valence-electron chi connectivity index (χ2n) is 4.62. The molecule has 1 aromatic carbocycles. The van der Waals surface area contributed by atoms with Crippen molar-refractivity contribution in [3.8, 4) is 0 Å². The SMILES string of the molecule is O=C1CCC[C@H]2[C@@H](O)c3ccccc3CN12. The van der Waals surface area contributed by atoms with E-state index in [1.165, 1.54) is 0 Å². The highest BCUT2D eigenvalue weighted by molar-refractivity contribution is 5.77. The number of aliphatic hydroxyl groups is 1. The molecule has 0 saturated carbocycles. The van der Waals surface area contributed by atoms with E-state index in [4.69, 9.17) is 0 Å². The van der Waals surface area contributed by atoms with Gasteiger partial charge in [-0.15, -0.1) is 0 Å². The molecule has 1 N–H and O–H groups in total. The molecule has 1 fully saturated rings. The molecule has 1 aromatic rings. The van der Waals surface area contributed by atoms with E-state index in [-0.39, 0.29) is 11.9 Å². The topological polar surface area (TPSA) is 40.5 Å². The highest BCUT2D eigenvalue weighted by Crippen LogP contribution is 2.36. The third kappa shape index (κ3) is 1.35. The Morgan fingerprint density at radius 3 is 3.00 bits per heavy atom. The number of nitrogens with zero attached hydrogens (tertiary/aromatic N) is 1. The third-order valence-corrected chi connectivity index (χ3v) is 3.69. The number of hydrogen-bond acceptors (Lipinski definition) is 2. The van der Waals surface area contributed by atoms with Crippen molar-refractivity contribution in [2.75, 3.05) is 0 Å². The maximum absolute atomic E-state index is 11.8. The molecule has 0 aliphatic carbocycles. The summed E-state index contributed by atoms with van der Waals surface area (Å²) in [4.78, 5) is 13.6. The number of carbonyl (C=O) groups excluding carboxylic acids is 1. The molecule has 84 valence electrons. The minimum absolute atomic E-state index is 0.00356. The number of aliphatic hydroxyl groups excluding tert-OH is 1. The Balaban J connectivity index is 2.02. The number of carbonyl (C=O) groups is 1. The molecule has 0 spiro atoms. The zero-order valence-electron chi connectivity index (χ0n) is 9.10. The average Bonchev–Trinajstić information content (AvgIpc) is 2.31. The van der Waals surface area contributed by atoms with Crippen LogP contribution in [0.15, 0.2) is 24.3 Å². The molecule has 3 heteroatoms. The van der Waals surface area contributed by atoms with Gasteiger partial charge in [0.25, 0.3) is 0 Å². The predicted octanol–water partition coefficient (Wildman–Crippen LogP) is 1.61. The van der Waals surface area contributed by atoms with Crippen molar-refractivity contribution in [2.45, 2.75) is 38.0 Å². The van der Waals surface area contributed by atoms with Gasteiger partial charge in [0.1, 0.15) is 0 Å². The lowest BCUT2D eigenvalue weighted by Crippen LogP contribution is -2.49. The second kappa shape index (κ2) is 3.59. The van der Waals surface area contributed by atoms with Crippen molar-refractivity contribution in [1.29, 1.82) is 0 Å². The molecule has 16 heavy (non-hydrogen) atoms. The van der Waals surface area contributed by atoms with Crippen LogP contribution in [0.1, 0.15) is 36.5 Å². The summed E-state index contributed by atoms with van der Waals surface area (Å²) in [5, 5.41) is 10.3. The van der Waals surface area contributed by atoms with Gasteiger partial charge in [0.2, 0.25) is 5.91 Å². The van der Waals surface area contributed by atoms with E-state index in [9.17, 15) is 9.90 Å². The van der Waals surface area contributed by atoms with Gasteiger partial charge in [-0.3, -0.25) is 4.79 Å². The summed E-state index contributed by atoms with van der Waals surface area (Å²) < 4.78 is 0. The summed E-state index contributed by atoms with van der Waals surface area (Å²) in [7, 11) is 0. The maximum Gasteiger partial charge on any atom is 0.223 e. The summed E-state index contributed by atoms with van der Waals surface area (Å²) in [6.45, 7) is 0.663. The Morgan fingerprint density at radius 1 is 1.31 bits per heavy atom. The van der Waals surface area contributed by atoms with Crippen LogP contribution < -0.4 is 0 Å². The van der Waals surface area contributed by atoms with Gasteiger partial charge in [-0.2, -0.15) is 0 Å². The molecular weight excluding hydrogens is 202 g/mol. The van der Waals surface area contributed by atoms with E-state index in [2.05, 4.69) is 0 Å². The fraction of sp³-hybridized carbons (Fsp3) is 0.462. The summed E-state index contributed by atoms with van der Waals surface area (Å²) >= 11 is 0. The van der Waals surface area contributed by atoms with Crippen LogP contribution in [0.5, 0.6) is 0 Å². The van der Waals surface area contributed by atoms with E-state index in [1.54, 1.807) is 0 Å². The molecule has 1 saturated heterocycles. The molecule has 0 unspecified atom stereocenters. The van der Waals surface area contributed by atoms with E-state index in [0.29, 0.717) is 13.0 Å². The van der Waals surface area contributed by atoms with Crippen molar-refractivity contribution < 1.29 is 9.90 Å². The van der Waals surface area contributed by atoms with Crippen molar-refractivity contribution in [1.82, 2.24) is 4.90 Å². The van der Waals surface area contributed by atoms with Crippen LogP contribution in [-0.2, 0) is 11.3 Å². The van der Waals surface area contributed by atoms with Crippen molar-refractivity contribution in [3.63, 3.8) is 0 Å². The lowest BCUT2D eigenvalue weighted by atomic mass is 9.86. The predicted molar refractivity (Wildman–Crippen MR) is 59.6 cm³/mol. The minimum Gasteiger partial charge on any atom is -0.386 e. The zero-order chi connectivity index (χ0) is 11.1. The van der Waals surface area contributed by atoms with Gasteiger partial charge in [-0.25, -0.2) is 0 Å². The quantitative estimate of drug-likeness (QED) is 0.717. The Morgan fingerprint density at radius 2 is 2.12 bits per heavy atom. The fourth-order valence-electron chi connectivity index (χ4n) is 2.84. The first-order chi connectivity index (χ1) is 7.77. The zero-order valence-corrected chi connectivity index (χ0v) is 9.10. The van der Waals surface area contributed by atoms with Gasteiger partial charge in [-0.1, -0.05) is 24.3 Å². The van der Waals surface area contributed by atoms with E-state index >= 15 is 0 Å². The van der Waals surface area contributed by atoms with Gasteiger partial charge in [0, 0.05) is 13.0 Å². The maximum atomic E-state index is 11.8. The number of piperidine rings is 1. The van der Waals surface area contributed by atoms with E-state index in [0.717, 1.165) is 24.0 Å². The first-order valence-electron chi connectivity index (χ1n) is 5.83. The van der Waals surface area contributed by atoms with Gasteiger partial charge in [0.15, 0.2) is 0 Å². The first-order valence-corrected chi connectivity index (χ1v) is 5.83. The first kappa shape index (κ1) is 9.85. The molecule has 2 atom stereocenters. The number of fused-ring (bicyclic) bond motifs is 2. The third-order valence-electron chi connectivity index (χ3n) is 3.69. The minimum atomic E-state index is -0.505. The molecule has 0 radical (unpaired) electrons. The van der Waals surface area contributed by atoms with Crippen molar-refractivity contribution in [3.05, 3.63) is 35.4 Å². The Bertz CT molecular complexity index is 430. The number of hydrogen-bond donors (Lipinski definition) is 1. The molecule has 2 heterocycles. The smallest absolute Gasteiger partial charge is 0.223 e. The lowest BCUT2D eigenvalue weighted by molar-refractivity contribution is -0.142. The molecule has 0 aromatic heterocycles. The molecule has 0 bridgehead atoms. The molecule has 2 aliphatic heterocycles. The van der Waals surface area contributed by atoms with Gasteiger partial charge < -0.3 is 10.0 Å². The summed E-state index contributed by atoms with van der Waals surface area (Å²) in [6.07, 6.45) is 1.94. The summed E-state index contributed by atoms with van der Waals surface area (Å²) in [5.41, 5.74) is 2.08. The monoisotopic (exact) mass is 217 g/mol. The molecule has 2 aliphatic rings. The molecule has 1 amide bonds. The van der Waals surface area contributed by atoms with Crippen LogP contribution in [0.3, 0.4) is 0 Å². The van der Waals surface area contributed by atoms with Crippen LogP contribution in [0, 0.1) is 0 Å². The van der Waals surface area contributed by atoms with Gasteiger partial charge in [-0.05, 0) is 24.0 Å². The second-order valence-corrected chi connectivity index (χ2v) is 4.62. The van der Waals surface area contributed by atoms with Crippen molar-refractivity contribution >= 4 is 5.91 Å². The Kier molecular flexibility index (Phi) is 2.21. The van der Waals surface area contributed by atoms with Crippen LogP contribution in [0.25, 0.3) is 0 Å². The number of amides is 1. The van der Waals surface area contributed by atoms with E-state index in [1.807, 2.05) is 29.2 Å². The van der Waals surface area contributed by atoms with Gasteiger partial charge >= 0.3 is 0 Å². The fourth-order valence-corrected chi connectivity index (χ4v) is 2.84. The van der Waals surface area contributed by atoms with Crippen LogP contribution in [0.2, 0.25) is 0 Å².